The normalized spacial score (nSPS) is 11.3. The highest BCUT2D eigenvalue weighted by molar-refractivity contribution is 5.96. The molecule has 88 valence electrons. The predicted octanol–water partition coefficient (Wildman–Crippen LogP) is 2.81. The van der Waals surface area contributed by atoms with Crippen molar-refractivity contribution in [3.63, 3.8) is 0 Å². The van der Waals surface area contributed by atoms with Gasteiger partial charge in [-0.3, -0.25) is 0 Å². The molecule has 0 radical (unpaired) electrons. The number of rotatable bonds is 2. The second kappa shape index (κ2) is 4.33. The van der Waals surface area contributed by atoms with Gasteiger partial charge in [0.2, 0.25) is 0 Å². The summed E-state index contributed by atoms with van der Waals surface area (Å²) in [5.74, 6) is 0. The number of hydrogen-bond acceptors (Lipinski definition) is 3. The van der Waals surface area contributed by atoms with Crippen LogP contribution in [-0.2, 0) is 0 Å². The van der Waals surface area contributed by atoms with Crippen LogP contribution >= 0.6 is 0 Å². The van der Waals surface area contributed by atoms with Crippen LogP contribution in [0.5, 0.6) is 0 Å². The molecule has 0 aliphatic carbocycles. The van der Waals surface area contributed by atoms with Crippen molar-refractivity contribution in [2.45, 2.75) is 0 Å². The molecule has 2 heterocycles. The maximum Gasteiger partial charge on any atom is 0.102 e. The van der Waals surface area contributed by atoms with E-state index in [0.29, 0.717) is 0 Å². The fourth-order valence-corrected chi connectivity index (χ4v) is 2.01. The molecule has 3 rings (SSSR count). The Morgan fingerprint density at radius 2 is 1.83 bits per heavy atom. The fourth-order valence-electron chi connectivity index (χ4n) is 2.01. The van der Waals surface area contributed by atoms with Gasteiger partial charge in [0, 0.05) is 17.3 Å². The molecule has 4 nitrogen and oxygen atoms in total. The Hall–Kier alpha value is -2.62. The fraction of sp³-hybridized carbons (Fsp3) is 0. The minimum absolute atomic E-state index is 0.805. The Morgan fingerprint density at radius 3 is 2.61 bits per heavy atom. The second-order valence-corrected chi connectivity index (χ2v) is 3.90. The van der Waals surface area contributed by atoms with Gasteiger partial charge in [0.05, 0.1) is 11.7 Å². The van der Waals surface area contributed by atoms with Gasteiger partial charge in [-0.05, 0) is 12.1 Å². The lowest BCUT2D eigenvalue weighted by Gasteiger charge is -1.96. The summed E-state index contributed by atoms with van der Waals surface area (Å²) in [6.45, 7) is 0. The van der Waals surface area contributed by atoms with Gasteiger partial charge in [0.15, 0.2) is 0 Å². The maximum absolute atomic E-state index is 8.80. The lowest BCUT2D eigenvalue weighted by Crippen LogP contribution is -1.85. The Bertz CT molecular complexity index is 701. The number of hydrogen-bond donors (Lipinski definition) is 1. The van der Waals surface area contributed by atoms with Crippen molar-refractivity contribution in [2.24, 2.45) is 5.16 Å². The molecule has 2 aromatic heterocycles. The minimum atomic E-state index is 0.805. The summed E-state index contributed by atoms with van der Waals surface area (Å²) in [6.07, 6.45) is 3.29. The zero-order chi connectivity index (χ0) is 12.4. The van der Waals surface area contributed by atoms with Crippen LogP contribution in [0.25, 0.3) is 16.8 Å². The lowest BCUT2D eigenvalue weighted by molar-refractivity contribution is 0.322. The van der Waals surface area contributed by atoms with Crippen molar-refractivity contribution >= 4 is 11.7 Å². The number of fused-ring (bicyclic) bond motifs is 1. The predicted molar refractivity (Wildman–Crippen MR) is 70.0 cm³/mol. The SMILES string of the molecule is O/N=C/c1c(-c2ccccc2)nn2ccccc12. The van der Waals surface area contributed by atoms with Gasteiger partial charge < -0.3 is 5.21 Å². The van der Waals surface area contributed by atoms with Crippen molar-refractivity contribution in [2.75, 3.05) is 0 Å². The molecule has 0 aliphatic rings. The summed E-state index contributed by atoms with van der Waals surface area (Å²) in [5, 5.41) is 16.5. The topological polar surface area (TPSA) is 49.9 Å². The summed E-state index contributed by atoms with van der Waals surface area (Å²) >= 11 is 0. The van der Waals surface area contributed by atoms with E-state index >= 15 is 0 Å². The van der Waals surface area contributed by atoms with E-state index in [0.717, 1.165) is 22.3 Å². The van der Waals surface area contributed by atoms with Crippen LogP contribution < -0.4 is 0 Å². The van der Waals surface area contributed by atoms with Gasteiger partial charge in [-0.1, -0.05) is 41.6 Å². The average Bonchev–Trinajstić information content (AvgIpc) is 2.80. The van der Waals surface area contributed by atoms with Crippen LogP contribution in [0.2, 0.25) is 0 Å². The first kappa shape index (κ1) is 10.5. The molecule has 0 bridgehead atoms. The molecule has 18 heavy (non-hydrogen) atoms. The number of aromatic nitrogens is 2. The quantitative estimate of drug-likeness (QED) is 0.423. The molecule has 0 atom stereocenters. The highest BCUT2D eigenvalue weighted by Crippen LogP contribution is 2.24. The van der Waals surface area contributed by atoms with E-state index in [1.54, 1.807) is 4.52 Å². The monoisotopic (exact) mass is 237 g/mol. The third-order valence-corrected chi connectivity index (χ3v) is 2.81. The zero-order valence-electron chi connectivity index (χ0n) is 9.56. The van der Waals surface area contributed by atoms with Gasteiger partial charge in [0.1, 0.15) is 5.69 Å². The summed E-state index contributed by atoms with van der Waals surface area (Å²) < 4.78 is 1.78. The van der Waals surface area contributed by atoms with Crippen molar-refractivity contribution < 1.29 is 5.21 Å². The molecule has 0 spiro atoms. The van der Waals surface area contributed by atoms with Crippen molar-refractivity contribution in [1.29, 1.82) is 0 Å². The molecule has 0 aliphatic heterocycles. The molecule has 1 aromatic carbocycles. The molecular formula is C14H11N3O. The third-order valence-electron chi connectivity index (χ3n) is 2.81. The summed E-state index contributed by atoms with van der Waals surface area (Å²) in [5.41, 5.74) is 3.52. The molecule has 3 aromatic rings. The number of benzene rings is 1. The van der Waals surface area contributed by atoms with Gasteiger partial charge in [0.25, 0.3) is 0 Å². The molecule has 0 fully saturated rings. The van der Waals surface area contributed by atoms with E-state index in [1.165, 1.54) is 6.21 Å². The van der Waals surface area contributed by atoms with E-state index in [9.17, 15) is 0 Å². The van der Waals surface area contributed by atoms with Gasteiger partial charge >= 0.3 is 0 Å². The van der Waals surface area contributed by atoms with Crippen molar-refractivity contribution in [1.82, 2.24) is 9.61 Å². The van der Waals surface area contributed by atoms with Crippen LogP contribution in [0.1, 0.15) is 5.56 Å². The molecule has 0 saturated heterocycles. The van der Waals surface area contributed by atoms with E-state index in [-0.39, 0.29) is 0 Å². The third kappa shape index (κ3) is 1.64. The lowest BCUT2D eigenvalue weighted by atomic mass is 10.1. The first-order valence-corrected chi connectivity index (χ1v) is 5.60. The van der Waals surface area contributed by atoms with E-state index in [4.69, 9.17) is 5.21 Å². The van der Waals surface area contributed by atoms with E-state index in [1.807, 2.05) is 54.7 Å². The number of oxime groups is 1. The van der Waals surface area contributed by atoms with Gasteiger partial charge in [-0.25, -0.2) is 4.52 Å². The molecule has 0 unspecified atom stereocenters. The summed E-state index contributed by atoms with van der Waals surface area (Å²) in [4.78, 5) is 0. The van der Waals surface area contributed by atoms with Gasteiger partial charge in [-0.2, -0.15) is 5.10 Å². The minimum Gasteiger partial charge on any atom is -0.411 e. The standard InChI is InChI=1S/C14H11N3O/c18-15-10-12-13-8-4-5-9-17(13)16-14(12)11-6-2-1-3-7-11/h1-10,18H/b15-10+. The molecule has 0 amide bonds. The number of pyridine rings is 1. The molecule has 0 saturated carbocycles. The Balaban J connectivity index is 2.32. The largest absolute Gasteiger partial charge is 0.411 e. The maximum atomic E-state index is 8.80. The second-order valence-electron chi connectivity index (χ2n) is 3.90. The summed E-state index contributed by atoms with van der Waals surface area (Å²) in [7, 11) is 0. The number of nitrogens with zero attached hydrogens (tertiary/aromatic N) is 3. The molecule has 4 heteroatoms. The van der Waals surface area contributed by atoms with Crippen molar-refractivity contribution in [3.05, 3.63) is 60.3 Å². The summed E-state index contributed by atoms with van der Waals surface area (Å²) in [6, 6.07) is 15.6. The average molecular weight is 237 g/mol. The smallest absolute Gasteiger partial charge is 0.102 e. The van der Waals surface area contributed by atoms with E-state index in [2.05, 4.69) is 10.3 Å². The van der Waals surface area contributed by atoms with Crippen LogP contribution in [-0.4, -0.2) is 21.0 Å². The Morgan fingerprint density at radius 1 is 1.06 bits per heavy atom. The first-order chi connectivity index (χ1) is 8.90. The zero-order valence-corrected chi connectivity index (χ0v) is 9.56. The highest BCUT2D eigenvalue weighted by Gasteiger charge is 2.12. The van der Waals surface area contributed by atoms with Crippen LogP contribution in [0.4, 0.5) is 0 Å². The van der Waals surface area contributed by atoms with Crippen LogP contribution in [0, 0.1) is 0 Å². The first-order valence-electron chi connectivity index (χ1n) is 5.60. The molecular weight excluding hydrogens is 226 g/mol. The highest BCUT2D eigenvalue weighted by atomic mass is 16.4. The Labute approximate surface area is 104 Å². The van der Waals surface area contributed by atoms with Crippen molar-refractivity contribution in [3.8, 4) is 11.3 Å². The van der Waals surface area contributed by atoms with Crippen LogP contribution in [0.3, 0.4) is 0 Å². The van der Waals surface area contributed by atoms with E-state index < -0.39 is 0 Å². The van der Waals surface area contributed by atoms with Gasteiger partial charge in [-0.15, -0.1) is 0 Å². The van der Waals surface area contributed by atoms with Crippen LogP contribution in [0.15, 0.2) is 59.9 Å². The Kier molecular flexibility index (Phi) is 2.53. The molecule has 1 N–H and O–H groups in total.